The number of aromatic hydroxyl groups is 1. The van der Waals surface area contributed by atoms with Crippen molar-refractivity contribution in [2.24, 2.45) is 4.99 Å². The van der Waals surface area contributed by atoms with Gasteiger partial charge in [0.2, 0.25) is 0 Å². The van der Waals surface area contributed by atoms with E-state index in [0.717, 1.165) is 35.4 Å². The summed E-state index contributed by atoms with van der Waals surface area (Å²) in [4.78, 5) is 20.4. The number of thioether (sulfide) groups is 1. The Bertz CT molecular complexity index is 1040. The number of amidine groups is 1. The molecule has 0 aliphatic carbocycles. The number of hydrogen-bond acceptors (Lipinski definition) is 3. The van der Waals surface area contributed by atoms with Gasteiger partial charge in [0, 0.05) is 24.5 Å². The molecule has 5 nitrogen and oxygen atoms in total. The Morgan fingerprint density at radius 2 is 1.67 bits per heavy atom. The molecular weight excluding hydrogens is 430 g/mol. The first-order valence-electron chi connectivity index (χ1n) is 11.2. The fourth-order valence-corrected chi connectivity index (χ4v) is 4.08. The number of phenolic OH excluding ortho intramolecular Hbond substituents is 1. The Morgan fingerprint density at radius 3 is 2.33 bits per heavy atom. The van der Waals surface area contributed by atoms with Gasteiger partial charge in [-0.3, -0.25) is 0 Å². The zero-order valence-corrected chi connectivity index (χ0v) is 20.0. The van der Waals surface area contributed by atoms with Crippen molar-refractivity contribution in [1.29, 1.82) is 0 Å². The molecule has 0 saturated carbocycles. The SMILES string of the molecule is CCCCN(Cc1ccc(O)cc1)/C(=N/C(=O)NCc1ccccc1)Sc1ccc(C)cc1. The molecule has 3 aromatic carbocycles. The van der Waals surface area contributed by atoms with Gasteiger partial charge in [-0.05, 0) is 48.7 Å². The molecule has 0 heterocycles. The Morgan fingerprint density at radius 1 is 0.970 bits per heavy atom. The van der Waals surface area contributed by atoms with E-state index in [0.29, 0.717) is 18.3 Å². The van der Waals surface area contributed by atoms with Crippen molar-refractivity contribution < 1.29 is 9.90 Å². The number of benzene rings is 3. The van der Waals surface area contributed by atoms with Crippen LogP contribution in [0.1, 0.15) is 36.5 Å². The minimum atomic E-state index is -0.360. The van der Waals surface area contributed by atoms with E-state index in [-0.39, 0.29) is 11.8 Å². The molecule has 0 aliphatic heterocycles. The minimum absolute atomic E-state index is 0.238. The number of carbonyl (C=O) groups is 1. The fraction of sp³-hybridized carbons (Fsp3) is 0.259. The Labute approximate surface area is 200 Å². The van der Waals surface area contributed by atoms with Crippen molar-refractivity contribution in [2.75, 3.05) is 6.54 Å². The molecule has 0 radical (unpaired) electrons. The molecule has 3 rings (SSSR count). The molecule has 0 spiro atoms. The first kappa shape index (κ1) is 24.4. The number of nitrogens with zero attached hydrogens (tertiary/aromatic N) is 2. The number of phenols is 1. The Balaban J connectivity index is 1.83. The van der Waals surface area contributed by atoms with Crippen molar-refractivity contribution in [3.05, 3.63) is 95.6 Å². The van der Waals surface area contributed by atoms with Crippen molar-refractivity contribution in [3.63, 3.8) is 0 Å². The lowest BCUT2D eigenvalue weighted by Gasteiger charge is -2.26. The molecule has 6 heteroatoms. The smallest absolute Gasteiger partial charge is 0.343 e. The van der Waals surface area contributed by atoms with Crippen LogP contribution in [0.15, 0.2) is 88.8 Å². The third-order valence-electron chi connectivity index (χ3n) is 5.08. The van der Waals surface area contributed by atoms with Crippen LogP contribution in [0.2, 0.25) is 0 Å². The lowest BCUT2D eigenvalue weighted by Crippen LogP contribution is -2.32. The van der Waals surface area contributed by atoms with E-state index < -0.39 is 0 Å². The fourth-order valence-electron chi connectivity index (χ4n) is 3.18. The van der Waals surface area contributed by atoms with Crippen LogP contribution in [-0.4, -0.2) is 27.7 Å². The van der Waals surface area contributed by atoms with Crippen molar-refractivity contribution in [1.82, 2.24) is 10.2 Å². The summed E-state index contributed by atoms with van der Waals surface area (Å²) in [5.74, 6) is 0.238. The molecule has 0 aromatic heterocycles. The maximum absolute atomic E-state index is 12.8. The van der Waals surface area contributed by atoms with E-state index in [9.17, 15) is 9.90 Å². The number of carbonyl (C=O) groups excluding carboxylic acids is 1. The topological polar surface area (TPSA) is 64.9 Å². The van der Waals surface area contributed by atoms with E-state index in [1.165, 1.54) is 17.3 Å². The molecule has 0 aliphatic rings. The maximum Gasteiger partial charge on any atom is 0.343 e. The molecule has 172 valence electrons. The van der Waals surface area contributed by atoms with Crippen LogP contribution >= 0.6 is 11.8 Å². The van der Waals surface area contributed by atoms with Gasteiger partial charge in [-0.1, -0.05) is 85.3 Å². The first-order valence-corrected chi connectivity index (χ1v) is 12.0. The normalized spacial score (nSPS) is 11.3. The third kappa shape index (κ3) is 8.31. The highest BCUT2D eigenvalue weighted by molar-refractivity contribution is 8.13. The summed E-state index contributed by atoms with van der Waals surface area (Å²) >= 11 is 1.49. The summed E-state index contributed by atoms with van der Waals surface area (Å²) in [5.41, 5.74) is 3.26. The van der Waals surface area contributed by atoms with Crippen molar-refractivity contribution in [2.45, 2.75) is 44.7 Å². The van der Waals surface area contributed by atoms with E-state index in [1.807, 2.05) is 42.5 Å². The maximum atomic E-state index is 12.8. The highest BCUT2D eigenvalue weighted by Gasteiger charge is 2.16. The highest BCUT2D eigenvalue weighted by atomic mass is 32.2. The molecule has 3 aromatic rings. The number of rotatable bonds is 8. The van der Waals surface area contributed by atoms with Gasteiger partial charge in [-0.25, -0.2) is 4.79 Å². The van der Waals surface area contributed by atoms with Gasteiger partial charge in [0.05, 0.1) is 0 Å². The van der Waals surface area contributed by atoms with Gasteiger partial charge in [0.25, 0.3) is 0 Å². The number of aryl methyl sites for hydroxylation is 1. The molecule has 2 amide bonds. The predicted molar refractivity (Wildman–Crippen MR) is 137 cm³/mol. The van der Waals surface area contributed by atoms with Gasteiger partial charge >= 0.3 is 6.03 Å². The second-order valence-electron chi connectivity index (χ2n) is 7.90. The number of aliphatic imine (C=N–C) groups is 1. The Kier molecular flexibility index (Phi) is 9.39. The second kappa shape index (κ2) is 12.7. The number of unbranched alkanes of at least 4 members (excludes halogenated alkanes) is 1. The molecule has 2 N–H and O–H groups in total. The molecule has 0 atom stereocenters. The summed E-state index contributed by atoms with van der Waals surface area (Å²) in [7, 11) is 0. The summed E-state index contributed by atoms with van der Waals surface area (Å²) < 4.78 is 0. The second-order valence-corrected chi connectivity index (χ2v) is 8.94. The van der Waals surface area contributed by atoms with E-state index in [4.69, 9.17) is 0 Å². The summed E-state index contributed by atoms with van der Waals surface area (Å²) in [5, 5.41) is 13.2. The van der Waals surface area contributed by atoms with Crippen LogP contribution in [0.3, 0.4) is 0 Å². The molecular formula is C27H31N3O2S. The zero-order valence-electron chi connectivity index (χ0n) is 19.2. The van der Waals surface area contributed by atoms with Gasteiger partial charge in [-0.2, -0.15) is 4.99 Å². The lowest BCUT2D eigenvalue weighted by atomic mass is 10.2. The van der Waals surface area contributed by atoms with Crippen molar-refractivity contribution in [3.8, 4) is 5.75 Å². The van der Waals surface area contributed by atoms with E-state index in [2.05, 4.69) is 53.3 Å². The largest absolute Gasteiger partial charge is 0.508 e. The molecule has 0 bridgehead atoms. The van der Waals surface area contributed by atoms with Crippen molar-refractivity contribution >= 4 is 23.0 Å². The average molecular weight is 462 g/mol. The number of amides is 2. The van der Waals surface area contributed by atoms with E-state index >= 15 is 0 Å². The third-order valence-corrected chi connectivity index (χ3v) is 6.12. The van der Waals surface area contributed by atoms with Gasteiger partial charge in [0.15, 0.2) is 5.17 Å². The molecule has 0 unspecified atom stereocenters. The van der Waals surface area contributed by atoms with Crippen LogP contribution in [0.25, 0.3) is 0 Å². The van der Waals surface area contributed by atoms with Crippen LogP contribution < -0.4 is 5.32 Å². The summed E-state index contributed by atoms with van der Waals surface area (Å²) in [6, 6.07) is 24.8. The standard InChI is InChI=1S/C27H31N3O2S/c1-3-4-18-30(20-23-12-14-24(31)15-13-23)27(33-25-16-10-21(2)11-17-25)29-26(32)28-19-22-8-6-5-7-9-22/h5-17,31H,3-4,18-20H2,1-2H3,(H,28,32)/b29-27-. The minimum Gasteiger partial charge on any atom is -0.508 e. The van der Waals surface area contributed by atoms with Crippen LogP contribution in [0, 0.1) is 6.92 Å². The van der Waals surface area contributed by atoms with Gasteiger partial charge < -0.3 is 15.3 Å². The lowest BCUT2D eigenvalue weighted by molar-refractivity contribution is 0.248. The van der Waals surface area contributed by atoms with E-state index in [1.54, 1.807) is 12.1 Å². The monoisotopic (exact) mass is 461 g/mol. The quantitative estimate of drug-likeness (QED) is 0.233. The predicted octanol–water partition coefficient (Wildman–Crippen LogP) is 6.36. The number of hydrogen-bond donors (Lipinski definition) is 2. The Hall–Kier alpha value is -3.25. The first-order chi connectivity index (χ1) is 16.0. The average Bonchev–Trinajstić information content (AvgIpc) is 2.83. The van der Waals surface area contributed by atoms with Gasteiger partial charge in [0.1, 0.15) is 5.75 Å². The van der Waals surface area contributed by atoms with Gasteiger partial charge in [-0.15, -0.1) is 0 Å². The molecule has 33 heavy (non-hydrogen) atoms. The highest BCUT2D eigenvalue weighted by Crippen LogP contribution is 2.24. The summed E-state index contributed by atoms with van der Waals surface area (Å²) in [6.45, 7) is 6.01. The number of urea groups is 1. The summed E-state index contributed by atoms with van der Waals surface area (Å²) in [6.07, 6.45) is 2.02. The van der Waals surface area contributed by atoms with Crippen LogP contribution in [0.5, 0.6) is 5.75 Å². The zero-order chi connectivity index (χ0) is 23.5. The molecule has 0 fully saturated rings. The van der Waals surface area contributed by atoms with Crippen LogP contribution in [0.4, 0.5) is 4.79 Å². The van der Waals surface area contributed by atoms with Crippen LogP contribution in [-0.2, 0) is 13.1 Å². The number of nitrogens with one attached hydrogen (secondary N) is 1. The molecule has 0 saturated heterocycles.